The third-order valence-electron chi connectivity index (χ3n) is 12.9. The van der Waals surface area contributed by atoms with Gasteiger partial charge in [-0.2, -0.15) is 0 Å². The van der Waals surface area contributed by atoms with Crippen LogP contribution in [0.25, 0.3) is 0 Å². The SMILES string of the molecule is CC/C=C\C/C=C\C/C=C\C/C=C\C/C=C\C/C=C\CCCCC(=O)NC(COP(=O)([O-])OCC[N+](C)(C)C)C(O)/C=C/CCCCCCCCCCCCCCCCCCCCCCCCCCCC. The fourth-order valence-corrected chi connectivity index (χ4v) is 9.00. The molecule has 0 aliphatic carbocycles. The predicted octanol–water partition coefficient (Wildman–Crippen LogP) is 17.4. The highest BCUT2D eigenvalue weighted by molar-refractivity contribution is 7.45. The van der Waals surface area contributed by atoms with Crippen LogP contribution in [0.4, 0.5) is 0 Å². The third-order valence-corrected chi connectivity index (χ3v) is 13.8. The maximum Gasteiger partial charge on any atom is 0.268 e. The Kier molecular flexibility index (Phi) is 50.8. The van der Waals surface area contributed by atoms with Gasteiger partial charge in [0.1, 0.15) is 13.2 Å². The summed E-state index contributed by atoms with van der Waals surface area (Å²) in [6, 6.07) is -0.916. The molecule has 0 radical (unpaired) electrons. The number of phosphoric acid groups is 1. The number of aliphatic hydroxyl groups is 1. The van der Waals surface area contributed by atoms with Gasteiger partial charge in [0.05, 0.1) is 39.9 Å². The predicted molar refractivity (Wildman–Crippen MR) is 307 cm³/mol. The van der Waals surface area contributed by atoms with Crippen LogP contribution in [0.15, 0.2) is 85.1 Å². The number of carbonyl (C=O) groups is 1. The topological polar surface area (TPSA) is 108 Å². The number of likely N-dealkylation sites (N-methyl/N-ethyl adjacent to an activating group) is 1. The van der Waals surface area contributed by atoms with Gasteiger partial charge in [0.2, 0.25) is 5.91 Å². The van der Waals surface area contributed by atoms with Crippen molar-refractivity contribution in [2.45, 2.75) is 264 Å². The number of aliphatic hydroxyl groups excluding tert-OH is 1. The second kappa shape index (κ2) is 52.5. The Balaban J connectivity index is 4.26. The largest absolute Gasteiger partial charge is 0.756 e. The van der Waals surface area contributed by atoms with Crippen LogP contribution >= 0.6 is 7.82 Å². The van der Waals surface area contributed by atoms with E-state index in [1.54, 1.807) is 6.08 Å². The first-order valence-electron chi connectivity index (χ1n) is 29.4. The first-order valence-corrected chi connectivity index (χ1v) is 30.9. The number of amides is 1. The molecule has 412 valence electrons. The van der Waals surface area contributed by atoms with Gasteiger partial charge in [-0.15, -0.1) is 0 Å². The van der Waals surface area contributed by atoms with Crippen LogP contribution in [0.2, 0.25) is 0 Å². The van der Waals surface area contributed by atoms with Gasteiger partial charge < -0.3 is 28.8 Å². The summed E-state index contributed by atoms with van der Waals surface area (Å²) in [5.74, 6) is -0.240. The van der Waals surface area contributed by atoms with Crippen molar-refractivity contribution in [3.05, 3.63) is 85.1 Å². The number of quaternary nitrogens is 1. The Morgan fingerprint density at radius 3 is 1.25 bits per heavy atom. The highest BCUT2D eigenvalue weighted by Crippen LogP contribution is 2.38. The molecule has 71 heavy (non-hydrogen) atoms. The number of hydrogen-bond donors (Lipinski definition) is 2. The number of unbranched alkanes of at least 4 members (excludes halogenated alkanes) is 28. The average molecular weight is 1010 g/mol. The molecule has 0 saturated heterocycles. The summed E-state index contributed by atoms with van der Waals surface area (Å²) in [4.78, 5) is 25.5. The van der Waals surface area contributed by atoms with Crippen molar-refractivity contribution in [2.24, 2.45) is 0 Å². The van der Waals surface area contributed by atoms with Gasteiger partial charge in [-0.1, -0.05) is 259 Å². The lowest BCUT2D eigenvalue weighted by Crippen LogP contribution is -2.45. The Bertz CT molecular complexity index is 1430. The maximum atomic E-state index is 12.9. The Morgan fingerprint density at radius 1 is 0.507 bits per heavy atom. The van der Waals surface area contributed by atoms with Crippen LogP contribution in [0.5, 0.6) is 0 Å². The molecule has 0 fully saturated rings. The lowest BCUT2D eigenvalue weighted by atomic mass is 10.0. The van der Waals surface area contributed by atoms with Crippen molar-refractivity contribution >= 4 is 13.7 Å². The molecule has 0 saturated carbocycles. The van der Waals surface area contributed by atoms with E-state index in [2.05, 4.69) is 92.1 Å². The molecule has 9 heteroatoms. The fraction of sp³-hybridized carbons (Fsp3) is 0.758. The summed E-state index contributed by atoms with van der Waals surface area (Å²) in [5.41, 5.74) is 0. The number of carbonyl (C=O) groups excluding carboxylic acids is 1. The van der Waals surface area contributed by atoms with E-state index in [0.29, 0.717) is 17.4 Å². The first kappa shape index (κ1) is 68.7. The highest BCUT2D eigenvalue weighted by atomic mass is 31.2. The molecule has 0 bridgehead atoms. The molecule has 0 aromatic heterocycles. The minimum absolute atomic E-state index is 0.0137. The van der Waals surface area contributed by atoms with Crippen molar-refractivity contribution < 1.29 is 32.9 Å². The summed E-state index contributed by atoms with van der Waals surface area (Å²) in [7, 11) is 1.22. The van der Waals surface area contributed by atoms with Crippen LogP contribution in [0.1, 0.15) is 251 Å². The third kappa shape index (κ3) is 55.3. The van der Waals surface area contributed by atoms with Crippen molar-refractivity contribution in [1.82, 2.24) is 5.32 Å². The average Bonchev–Trinajstić information content (AvgIpc) is 3.33. The van der Waals surface area contributed by atoms with Crippen LogP contribution in [-0.2, 0) is 18.4 Å². The lowest BCUT2D eigenvalue weighted by molar-refractivity contribution is -0.870. The Morgan fingerprint density at radius 2 is 0.859 bits per heavy atom. The van der Waals surface area contributed by atoms with Gasteiger partial charge in [0, 0.05) is 6.42 Å². The summed E-state index contributed by atoms with van der Waals surface area (Å²) < 4.78 is 23.3. The van der Waals surface area contributed by atoms with E-state index in [4.69, 9.17) is 9.05 Å². The minimum Gasteiger partial charge on any atom is -0.756 e. The van der Waals surface area contributed by atoms with Gasteiger partial charge in [-0.05, 0) is 70.6 Å². The minimum atomic E-state index is -4.62. The van der Waals surface area contributed by atoms with Gasteiger partial charge in [0.25, 0.3) is 7.82 Å². The van der Waals surface area contributed by atoms with E-state index in [1.807, 2.05) is 27.2 Å². The first-order chi connectivity index (χ1) is 34.5. The standard InChI is InChI=1S/C62H113N2O6P/c1-6-8-10-12-14-16-18-20-22-24-26-28-29-30-31-32-33-34-36-37-39-41-43-45-47-49-51-53-55-61(65)60(59-70-71(67,68)69-58-57-64(3,4)5)63-62(66)56-54-52-50-48-46-44-42-40-38-35-27-25-23-21-19-17-15-13-11-9-7-2/h9,11,15,17,21,23,27,35,40,42,46,48,53,55,60-61,65H,6-8,10,12-14,16,18-20,22,24-26,28-34,36-39,41,43-45,47,49-52,54,56-59H2,1-5H3,(H-,63,66,67,68)/b11-9-,17-15-,23-21-,35-27-,42-40-,48-46-,55-53+. The molecule has 1 amide bonds. The number of nitrogens with one attached hydrogen (secondary N) is 1. The normalized spacial score (nSPS) is 14.5. The summed E-state index contributed by atoms with van der Waals surface area (Å²) in [5, 5.41) is 13.9. The summed E-state index contributed by atoms with van der Waals surface area (Å²) in [6.07, 6.45) is 73.9. The molecule has 0 spiro atoms. The van der Waals surface area contributed by atoms with E-state index in [1.165, 1.54) is 154 Å². The van der Waals surface area contributed by atoms with Crippen LogP contribution in [0, 0.1) is 0 Å². The zero-order valence-electron chi connectivity index (χ0n) is 46.9. The molecule has 2 N–H and O–H groups in total. The molecular formula is C62H113N2O6P. The van der Waals surface area contributed by atoms with Crippen molar-refractivity contribution in [3.63, 3.8) is 0 Å². The van der Waals surface area contributed by atoms with Gasteiger partial charge in [-0.3, -0.25) is 9.36 Å². The molecule has 0 aliphatic heterocycles. The highest BCUT2D eigenvalue weighted by Gasteiger charge is 2.23. The number of hydrogen-bond acceptors (Lipinski definition) is 6. The number of nitrogens with zero attached hydrogens (tertiary/aromatic N) is 1. The molecule has 3 unspecified atom stereocenters. The quantitative estimate of drug-likeness (QED) is 0.0272. The van der Waals surface area contributed by atoms with Gasteiger partial charge >= 0.3 is 0 Å². The molecule has 0 aromatic rings. The van der Waals surface area contributed by atoms with E-state index in [9.17, 15) is 19.4 Å². The number of allylic oxidation sites excluding steroid dienone is 13. The van der Waals surface area contributed by atoms with Crippen LogP contribution in [0.3, 0.4) is 0 Å². The molecule has 0 heterocycles. The number of rotatable bonds is 53. The van der Waals surface area contributed by atoms with Crippen LogP contribution in [-0.4, -0.2) is 68.5 Å². The van der Waals surface area contributed by atoms with E-state index < -0.39 is 26.6 Å². The maximum absolute atomic E-state index is 12.9. The lowest BCUT2D eigenvalue weighted by Gasteiger charge is -2.29. The molecular weight excluding hydrogens is 900 g/mol. The van der Waals surface area contributed by atoms with Crippen molar-refractivity contribution in [2.75, 3.05) is 40.9 Å². The molecule has 3 atom stereocenters. The van der Waals surface area contributed by atoms with Gasteiger partial charge in [-0.25, -0.2) is 0 Å². The zero-order valence-corrected chi connectivity index (χ0v) is 47.8. The van der Waals surface area contributed by atoms with Crippen molar-refractivity contribution in [3.8, 4) is 0 Å². The summed E-state index contributed by atoms with van der Waals surface area (Å²) >= 11 is 0. The zero-order chi connectivity index (χ0) is 52.0. The number of phosphoric ester groups is 1. The van der Waals surface area contributed by atoms with Crippen molar-refractivity contribution in [1.29, 1.82) is 0 Å². The Hall–Kier alpha value is -2.32. The summed E-state index contributed by atoms with van der Waals surface area (Å²) in [6.45, 7) is 4.51. The monoisotopic (exact) mass is 1010 g/mol. The van der Waals surface area contributed by atoms with E-state index in [0.717, 1.165) is 70.6 Å². The second-order valence-electron chi connectivity index (χ2n) is 21.0. The van der Waals surface area contributed by atoms with E-state index in [-0.39, 0.29) is 18.9 Å². The Labute approximate surface area is 439 Å². The molecule has 8 nitrogen and oxygen atoms in total. The second-order valence-corrected chi connectivity index (χ2v) is 22.4. The fourth-order valence-electron chi connectivity index (χ4n) is 8.28. The molecule has 0 aliphatic rings. The molecule has 0 aromatic carbocycles. The van der Waals surface area contributed by atoms with E-state index >= 15 is 0 Å². The molecule has 0 rings (SSSR count). The van der Waals surface area contributed by atoms with Gasteiger partial charge in [0.15, 0.2) is 0 Å². The van der Waals surface area contributed by atoms with Crippen LogP contribution < -0.4 is 10.2 Å². The smallest absolute Gasteiger partial charge is 0.268 e.